The number of ether oxygens (including phenoxy) is 1. The van der Waals surface area contributed by atoms with E-state index in [0.29, 0.717) is 32.8 Å². The van der Waals surface area contributed by atoms with Crippen molar-refractivity contribution < 1.29 is 9.53 Å². The van der Waals surface area contributed by atoms with Gasteiger partial charge in [0.2, 0.25) is 0 Å². The van der Waals surface area contributed by atoms with E-state index in [4.69, 9.17) is 4.74 Å². The van der Waals surface area contributed by atoms with Crippen LogP contribution in [0, 0.1) is 0 Å². The van der Waals surface area contributed by atoms with E-state index in [-0.39, 0.29) is 6.03 Å². The molecule has 5 heteroatoms. The lowest BCUT2D eigenvalue weighted by Crippen LogP contribution is -2.45. The van der Waals surface area contributed by atoms with Gasteiger partial charge in [-0.3, -0.25) is 0 Å². The van der Waals surface area contributed by atoms with Gasteiger partial charge in [0.15, 0.2) is 0 Å². The number of hydrogen-bond acceptors (Lipinski definition) is 3. The highest BCUT2D eigenvalue weighted by Gasteiger charge is 2.16. The van der Waals surface area contributed by atoms with Crippen LogP contribution in [0.2, 0.25) is 0 Å². The van der Waals surface area contributed by atoms with Crippen LogP contribution in [0.3, 0.4) is 0 Å². The summed E-state index contributed by atoms with van der Waals surface area (Å²) >= 11 is 1.72. The van der Waals surface area contributed by atoms with Crippen LogP contribution in [0.25, 0.3) is 10.4 Å². The average Bonchev–Trinajstić information content (AvgIpc) is 3.03. The van der Waals surface area contributed by atoms with Gasteiger partial charge in [0.25, 0.3) is 0 Å². The average molecular weight is 302 g/mol. The fraction of sp³-hybridized carbons (Fsp3) is 0.312. The number of nitrogens with zero attached hydrogens (tertiary/aromatic N) is 1. The number of amides is 2. The van der Waals surface area contributed by atoms with Gasteiger partial charge >= 0.3 is 6.03 Å². The third-order valence-electron chi connectivity index (χ3n) is 3.43. The van der Waals surface area contributed by atoms with Crippen molar-refractivity contribution in [3.63, 3.8) is 0 Å². The second-order valence-corrected chi connectivity index (χ2v) is 6.06. The maximum atomic E-state index is 12.0. The predicted molar refractivity (Wildman–Crippen MR) is 84.4 cm³/mol. The van der Waals surface area contributed by atoms with Crippen LogP contribution in [0.4, 0.5) is 4.79 Å². The van der Waals surface area contributed by atoms with E-state index in [1.165, 1.54) is 10.4 Å². The Morgan fingerprint density at radius 2 is 1.90 bits per heavy atom. The largest absolute Gasteiger partial charge is 0.378 e. The molecule has 1 aromatic carbocycles. The summed E-state index contributed by atoms with van der Waals surface area (Å²) in [6, 6.07) is 14.5. The van der Waals surface area contributed by atoms with E-state index in [9.17, 15) is 4.79 Å². The number of urea groups is 1. The fourth-order valence-corrected chi connectivity index (χ4v) is 3.22. The zero-order valence-corrected chi connectivity index (χ0v) is 12.6. The molecule has 1 aliphatic heterocycles. The zero-order valence-electron chi connectivity index (χ0n) is 11.7. The molecule has 0 bridgehead atoms. The third kappa shape index (κ3) is 3.62. The minimum Gasteiger partial charge on any atom is -0.378 e. The third-order valence-corrected chi connectivity index (χ3v) is 4.57. The van der Waals surface area contributed by atoms with Crippen LogP contribution in [0.5, 0.6) is 0 Å². The first-order valence-corrected chi connectivity index (χ1v) is 7.89. The zero-order chi connectivity index (χ0) is 14.5. The summed E-state index contributed by atoms with van der Waals surface area (Å²) in [5.41, 5.74) is 1.22. The molecule has 2 heterocycles. The van der Waals surface area contributed by atoms with Gasteiger partial charge in [-0.25, -0.2) is 4.79 Å². The van der Waals surface area contributed by atoms with Crippen LogP contribution in [-0.4, -0.2) is 37.2 Å². The number of nitrogens with one attached hydrogen (secondary N) is 1. The Morgan fingerprint density at radius 3 is 2.67 bits per heavy atom. The minimum absolute atomic E-state index is 0.00652. The van der Waals surface area contributed by atoms with Gasteiger partial charge in [-0.1, -0.05) is 30.3 Å². The van der Waals surface area contributed by atoms with Gasteiger partial charge in [-0.2, -0.15) is 0 Å². The summed E-state index contributed by atoms with van der Waals surface area (Å²) in [5.74, 6) is 0. The lowest BCUT2D eigenvalue weighted by Gasteiger charge is -2.26. The Bertz CT molecular complexity index is 591. The van der Waals surface area contributed by atoms with E-state index in [1.54, 1.807) is 16.2 Å². The van der Waals surface area contributed by atoms with Crippen LogP contribution in [-0.2, 0) is 11.3 Å². The van der Waals surface area contributed by atoms with E-state index >= 15 is 0 Å². The van der Waals surface area contributed by atoms with Crippen molar-refractivity contribution in [2.75, 3.05) is 26.3 Å². The van der Waals surface area contributed by atoms with Crippen molar-refractivity contribution in [2.24, 2.45) is 0 Å². The van der Waals surface area contributed by atoms with Crippen LogP contribution in [0.15, 0.2) is 42.5 Å². The number of carbonyl (C=O) groups is 1. The molecule has 2 amide bonds. The highest BCUT2D eigenvalue weighted by molar-refractivity contribution is 7.15. The second kappa shape index (κ2) is 6.74. The number of benzene rings is 1. The van der Waals surface area contributed by atoms with Crippen molar-refractivity contribution in [1.29, 1.82) is 0 Å². The van der Waals surface area contributed by atoms with Gasteiger partial charge in [-0.05, 0) is 17.7 Å². The standard InChI is InChI=1S/C16H18N2O2S/c19-16(18-8-10-20-11-9-18)17-12-14-6-7-15(21-14)13-4-2-1-3-5-13/h1-7H,8-12H2,(H,17,19). The van der Waals surface area contributed by atoms with Gasteiger partial charge in [0, 0.05) is 22.8 Å². The lowest BCUT2D eigenvalue weighted by molar-refractivity contribution is 0.0531. The summed E-state index contributed by atoms with van der Waals surface area (Å²) in [5, 5.41) is 2.98. The van der Waals surface area contributed by atoms with Crippen molar-refractivity contribution >= 4 is 17.4 Å². The number of hydrogen-bond donors (Lipinski definition) is 1. The molecule has 21 heavy (non-hydrogen) atoms. The Hall–Kier alpha value is -1.85. The molecule has 4 nitrogen and oxygen atoms in total. The molecule has 0 unspecified atom stereocenters. The van der Waals surface area contributed by atoms with E-state index in [2.05, 4.69) is 29.6 Å². The maximum absolute atomic E-state index is 12.0. The number of carbonyl (C=O) groups excluding carboxylic acids is 1. The Morgan fingerprint density at radius 1 is 1.14 bits per heavy atom. The normalized spacial score (nSPS) is 15.0. The van der Waals surface area contributed by atoms with Crippen molar-refractivity contribution in [1.82, 2.24) is 10.2 Å². The Labute approximate surface area is 128 Å². The van der Waals surface area contributed by atoms with Crippen LogP contribution in [0.1, 0.15) is 4.88 Å². The second-order valence-electron chi connectivity index (χ2n) is 4.89. The van der Waals surface area contributed by atoms with Crippen molar-refractivity contribution in [2.45, 2.75) is 6.54 Å². The van der Waals surface area contributed by atoms with Gasteiger partial charge in [0.05, 0.1) is 19.8 Å². The molecular weight excluding hydrogens is 284 g/mol. The van der Waals surface area contributed by atoms with E-state index in [1.807, 2.05) is 18.2 Å². The smallest absolute Gasteiger partial charge is 0.317 e. The quantitative estimate of drug-likeness (QED) is 0.947. The molecule has 1 fully saturated rings. The summed E-state index contributed by atoms with van der Waals surface area (Å²) in [6.07, 6.45) is 0. The van der Waals surface area contributed by atoms with E-state index < -0.39 is 0 Å². The first kappa shape index (κ1) is 14.1. The molecular formula is C16H18N2O2S. The number of thiophene rings is 1. The summed E-state index contributed by atoms with van der Waals surface area (Å²) in [6.45, 7) is 3.18. The van der Waals surface area contributed by atoms with Crippen molar-refractivity contribution in [3.8, 4) is 10.4 Å². The minimum atomic E-state index is -0.00652. The number of rotatable bonds is 3. The van der Waals surface area contributed by atoms with Gasteiger partial charge in [-0.15, -0.1) is 11.3 Å². The first-order valence-electron chi connectivity index (χ1n) is 7.07. The maximum Gasteiger partial charge on any atom is 0.317 e. The molecule has 2 aromatic rings. The molecule has 0 saturated carbocycles. The molecule has 0 spiro atoms. The summed E-state index contributed by atoms with van der Waals surface area (Å²) in [7, 11) is 0. The molecule has 3 rings (SSSR count). The van der Waals surface area contributed by atoms with Crippen LogP contribution < -0.4 is 5.32 Å². The van der Waals surface area contributed by atoms with Gasteiger partial charge in [0.1, 0.15) is 0 Å². The predicted octanol–water partition coefficient (Wildman–Crippen LogP) is 2.96. The Balaban J connectivity index is 1.56. The molecule has 0 radical (unpaired) electrons. The molecule has 1 aromatic heterocycles. The highest BCUT2D eigenvalue weighted by Crippen LogP contribution is 2.27. The van der Waals surface area contributed by atoms with Crippen LogP contribution >= 0.6 is 11.3 Å². The molecule has 0 atom stereocenters. The lowest BCUT2D eigenvalue weighted by atomic mass is 10.2. The molecule has 110 valence electrons. The summed E-state index contributed by atoms with van der Waals surface area (Å²) < 4.78 is 5.25. The monoisotopic (exact) mass is 302 g/mol. The molecule has 1 saturated heterocycles. The fourth-order valence-electron chi connectivity index (χ4n) is 2.27. The molecule has 1 N–H and O–H groups in total. The molecule has 0 aliphatic carbocycles. The highest BCUT2D eigenvalue weighted by atomic mass is 32.1. The summed E-state index contributed by atoms with van der Waals surface area (Å²) in [4.78, 5) is 16.2. The first-order chi connectivity index (χ1) is 10.3. The van der Waals surface area contributed by atoms with Gasteiger partial charge < -0.3 is 15.0 Å². The SMILES string of the molecule is O=C(NCc1ccc(-c2ccccc2)s1)N1CCOCC1. The van der Waals surface area contributed by atoms with Crippen molar-refractivity contribution in [3.05, 3.63) is 47.3 Å². The Kier molecular flexibility index (Phi) is 4.52. The molecule has 1 aliphatic rings. The number of morpholine rings is 1. The van der Waals surface area contributed by atoms with E-state index in [0.717, 1.165) is 4.88 Å². The topological polar surface area (TPSA) is 41.6 Å².